The summed E-state index contributed by atoms with van der Waals surface area (Å²) in [7, 11) is 0. The fraction of sp³-hybridized carbons (Fsp3) is 0. The van der Waals surface area contributed by atoms with Crippen LogP contribution in [0.3, 0.4) is 0 Å². The number of hydrogen-bond acceptors (Lipinski definition) is 3. The van der Waals surface area contributed by atoms with Gasteiger partial charge in [-0.25, -0.2) is 9.59 Å². The first-order valence-electron chi connectivity index (χ1n) is 1.91. The summed E-state index contributed by atoms with van der Waals surface area (Å²) in [5, 5.41) is 23.9. The van der Waals surface area contributed by atoms with Gasteiger partial charge in [0.05, 0.1) is 6.08 Å². The van der Waals surface area contributed by atoms with Crippen LogP contribution in [0.2, 0.25) is 0 Å². The quantitative estimate of drug-likeness (QED) is 0.262. The molecule has 0 radical (unpaired) electrons. The van der Waals surface area contributed by atoms with Crippen molar-refractivity contribution < 1.29 is 24.9 Å². The van der Waals surface area contributed by atoms with Gasteiger partial charge in [0.1, 0.15) is 0 Å². The molecule has 0 aromatic heterocycles. The average Bonchev–Trinajstić information content (AvgIpc) is 1.63. The van der Waals surface area contributed by atoms with Crippen molar-refractivity contribution in [2.24, 2.45) is 0 Å². The number of carbonyl (C=O) groups is 2. The van der Waals surface area contributed by atoms with E-state index in [0.717, 1.165) is 0 Å². The van der Waals surface area contributed by atoms with Crippen molar-refractivity contribution in [1.82, 2.24) is 0 Å². The number of carboxylic acids is 2. The Hall–Kier alpha value is 0.272. The van der Waals surface area contributed by atoms with Crippen LogP contribution in [0.4, 0.5) is 0 Å². The molecule has 60 valence electrons. The second kappa shape index (κ2) is 8.37. The number of aliphatic carboxylic acids is 2. The second-order valence-corrected chi connectivity index (χ2v) is 1.17. The van der Waals surface area contributed by atoms with Crippen molar-refractivity contribution >= 4 is 67.0 Å². The molecular formula is C4H9AlCaO5. The molecule has 0 spiro atoms. The third-order valence-corrected chi connectivity index (χ3v) is 0.479. The molecule has 0 bridgehead atoms. The maximum atomic E-state index is 9.65. The summed E-state index contributed by atoms with van der Waals surface area (Å²) in [5.41, 5.74) is 0. The van der Waals surface area contributed by atoms with Gasteiger partial charge in [-0.15, -0.1) is 0 Å². The molecule has 0 atom stereocenters. The molecule has 0 fully saturated rings. The SMILES string of the molecule is O=C(O)C=C(O)C(=O)O.[AlH3].[CaH2]. The van der Waals surface area contributed by atoms with Gasteiger partial charge in [0.2, 0.25) is 5.76 Å². The van der Waals surface area contributed by atoms with Crippen LogP contribution in [0.5, 0.6) is 0 Å². The van der Waals surface area contributed by atoms with Gasteiger partial charge in [0.25, 0.3) is 0 Å². The summed E-state index contributed by atoms with van der Waals surface area (Å²) in [6.45, 7) is 0. The van der Waals surface area contributed by atoms with Gasteiger partial charge in [-0.2, -0.15) is 0 Å². The molecule has 0 aromatic rings. The van der Waals surface area contributed by atoms with Gasteiger partial charge in [-0.05, 0) is 0 Å². The summed E-state index contributed by atoms with van der Waals surface area (Å²) in [6.07, 6.45) is 0.197. The monoisotopic (exact) mass is 204 g/mol. The first-order chi connectivity index (χ1) is 4.04. The second-order valence-electron chi connectivity index (χ2n) is 1.17. The Morgan fingerprint density at radius 1 is 1.09 bits per heavy atom. The number of carboxylic acid groups (broad SMARTS) is 2. The van der Waals surface area contributed by atoms with E-state index >= 15 is 0 Å². The van der Waals surface area contributed by atoms with Crippen LogP contribution < -0.4 is 0 Å². The van der Waals surface area contributed by atoms with Gasteiger partial charge in [-0.3, -0.25) is 0 Å². The molecule has 0 unspecified atom stereocenters. The normalized spacial score (nSPS) is 8.91. The molecule has 0 saturated heterocycles. The molecular weight excluding hydrogens is 195 g/mol. The molecule has 0 aromatic carbocycles. The van der Waals surface area contributed by atoms with Crippen LogP contribution in [0.15, 0.2) is 11.8 Å². The summed E-state index contributed by atoms with van der Waals surface area (Å²) in [4.78, 5) is 19.3. The molecule has 0 amide bonds. The van der Waals surface area contributed by atoms with Crippen molar-refractivity contribution in [2.75, 3.05) is 0 Å². The van der Waals surface area contributed by atoms with E-state index in [0.29, 0.717) is 0 Å². The number of aliphatic hydroxyl groups excluding tert-OH is 1. The van der Waals surface area contributed by atoms with E-state index in [1.54, 1.807) is 0 Å². The van der Waals surface area contributed by atoms with Crippen LogP contribution in [0.1, 0.15) is 0 Å². The van der Waals surface area contributed by atoms with Crippen molar-refractivity contribution in [2.45, 2.75) is 0 Å². The Labute approximate surface area is 103 Å². The minimum absolute atomic E-state index is 0. The zero-order valence-corrected chi connectivity index (χ0v) is 4.24. The maximum absolute atomic E-state index is 9.65. The van der Waals surface area contributed by atoms with Crippen molar-refractivity contribution in [3.8, 4) is 0 Å². The van der Waals surface area contributed by atoms with Gasteiger partial charge in [-0.1, -0.05) is 0 Å². The predicted molar refractivity (Wildman–Crippen MR) is 44.5 cm³/mol. The minimum atomic E-state index is -1.66. The first-order valence-corrected chi connectivity index (χ1v) is 1.91. The molecule has 5 nitrogen and oxygen atoms in total. The van der Waals surface area contributed by atoms with Crippen LogP contribution in [-0.2, 0) is 9.59 Å². The van der Waals surface area contributed by atoms with Gasteiger partial charge in [0.15, 0.2) is 17.4 Å². The Kier molecular flexibility index (Phi) is 13.2. The zero-order valence-electron chi connectivity index (χ0n) is 4.24. The Bertz CT molecular complexity index is 177. The third-order valence-electron chi connectivity index (χ3n) is 0.479. The molecule has 3 N–H and O–H groups in total. The molecule has 11 heavy (non-hydrogen) atoms. The van der Waals surface area contributed by atoms with E-state index in [4.69, 9.17) is 15.3 Å². The standard InChI is InChI=1S/C4H4O5.Al.Ca.5H/c5-2(4(8)9)1-3(6)7;;;;;;;/h1,5H,(H,6,7)(H,8,9);;;;;;;. The molecule has 0 aliphatic carbocycles. The van der Waals surface area contributed by atoms with Gasteiger partial charge < -0.3 is 15.3 Å². The Morgan fingerprint density at radius 2 is 1.45 bits per heavy atom. The zero-order chi connectivity index (χ0) is 7.44. The van der Waals surface area contributed by atoms with E-state index in [9.17, 15) is 9.59 Å². The average molecular weight is 204 g/mol. The molecule has 0 aliphatic heterocycles. The van der Waals surface area contributed by atoms with Crippen molar-refractivity contribution in [3.63, 3.8) is 0 Å². The molecule has 0 rings (SSSR count). The fourth-order valence-corrected chi connectivity index (χ4v) is 0.179. The van der Waals surface area contributed by atoms with Crippen LogP contribution in [0.25, 0.3) is 0 Å². The van der Waals surface area contributed by atoms with E-state index in [1.165, 1.54) is 0 Å². The van der Waals surface area contributed by atoms with Gasteiger partial charge >= 0.3 is 49.7 Å². The molecule has 0 heterocycles. The summed E-state index contributed by atoms with van der Waals surface area (Å²) in [5.74, 6) is -4.32. The fourth-order valence-electron chi connectivity index (χ4n) is 0.179. The van der Waals surface area contributed by atoms with E-state index in [2.05, 4.69) is 0 Å². The van der Waals surface area contributed by atoms with E-state index in [-0.39, 0.29) is 61.2 Å². The number of hydrogen-bond donors (Lipinski definition) is 3. The topological polar surface area (TPSA) is 94.8 Å². The Morgan fingerprint density at radius 3 is 1.55 bits per heavy atom. The molecule has 7 heteroatoms. The van der Waals surface area contributed by atoms with Gasteiger partial charge in [0, 0.05) is 0 Å². The number of aliphatic hydroxyl groups is 1. The predicted octanol–water partition coefficient (Wildman–Crippen LogP) is -2.50. The van der Waals surface area contributed by atoms with E-state index < -0.39 is 17.7 Å². The molecule has 0 aliphatic rings. The summed E-state index contributed by atoms with van der Waals surface area (Å²) in [6, 6.07) is 0. The van der Waals surface area contributed by atoms with Crippen molar-refractivity contribution in [3.05, 3.63) is 11.8 Å². The third kappa shape index (κ3) is 10.3. The first kappa shape index (κ1) is 17.4. The van der Waals surface area contributed by atoms with E-state index in [1.807, 2.05) is 0 Å². The van der Waals surface area contributed by atoms with Crippen LogP contribution >= 0.6 is 0 Å². The number of rotatable bonds is 2. The summed E-state index contributed by atoms with van der Waals surface area (Å²) >= 11 is 0. The Balaban J connectivity index is -0.000000320. The summed E-state index contributed by atoms with van der Waals surface area (Å²) < 4.78 is 0. The van der Waals surface area contributed by atoms with Crippen LogP contribution in [0, 0.1) is 0 Å². The van der Waals surface area contributed by atoms with Crippen molar-refractivity contribution in [1.29, 1.82) is 0 Å². The molecule has 0 saturated carbocycles. The van der Waals surface area contributed by atoms with Crippen LogP contribution in [-0.4, -0.2) is 82.4 Å².